The summed E-state index contributed by atoms with van der Waals surface area (Å²) in [6.45, 7) is 12.3. The molecule has 0 bridgehead atoms. The van der Waals surface area contributed by atoms with Crippen LogP contribution in [0.1, 0.15) is 136 Å². The van der Waals surface area contributed by atoms with Gasteiger partial charge in [0, 0.05) is 24.9 Å². The predicted octanol–water partition coefficient (Wildman–Crippen LogP) is 7.83. The lowest BCUT2D eigenvalue weighted by molar-refractivity contribution is -0.150. The van der Waals surface area contributed by atoms with Crippen LogP contribution in [0.5, 0.6) is 5.75 Å². The molecule has 4 aliphatic rings. The van der Waals surface area contributed by atoms with Gasteiger partial charge < -0.3 is 46.6 Å². The minimum absolute atomic E-state index is 0.00349. The number of phenols is 1. The number of benzene rings is 5. The quantitative estimate of drug-likeness (QED) is 0.0168. The Bertz CT molecular complexity index is 3590. The van der Waals surface area contributed by atoms with Gasteiger partial charge in [-0.2, -0.15) is 0 Å². The first-order valence-electron chi connectivity index (χ1n) is 31.7. The zero-order valence-electron chi connectivity index (χ0n) is 52.9. The highest BCUT2D eigenvalue weighted by Crippen LogP contribution is 2.60. The molecule has 7 atom stereocenters. The summed E-state index contributed by atoms with van der Waals surface area (Å²) in [5.41, 5.74) is 6.80. The van der Waals surface area contributed by atoms with Crippen molar-refractivity contribution in [2.24, 2.45) is 22.7 Å². The van der Waals surface area contributed by atoms with Crippen molar-refractivity contribution >= 4 is 70.6 Å². The minimum atomic E-state index is -1.16. The summed E-state index contributed by atoms with van der Waals surface area (Å²) in [5, 5.41) is 29.0. The van der Waals surface area contributed by atoms with Crippen molar-refractivity contribution in [1.29, 1.82) is 0 Å². The molecule has 4 aliphatic carbocycles. The van der Waals surface area contributed by atoms with Crippen LogP contribution in [0, 0.1) is 29.6 Å². The zero-order valence-corrected chi connectivity index (χ0v) is 52.9. The predicted molar refractivity (Wildman–Crippen MR) is 347 cm³/mol. The summed E-state index contributed by atoms with van der Waals surface area (Å²) < 4.78 is 5.51. The normalized spacial score (nSPS) is 22.3. The Morgan fingerprint density at radius 1 is 0.637 bits per heavy atom. The topological polar surface area (TPSA) is 271 Å². The fraction of sp³-hybridized carbons (Fsp3) is 0.431. The first kappa shape index (κ1) is 66.4. The van der Waals surface area contributed by atoms with Crippen LogP contribution in [0.4, 0.5) is 11.4 Å². The average molecular weight is 1240 g/mol. The number of rotatable bonds is 24. The van der Waals surface area contributed by atoms with Crippen molar-refractivity contribution < 1.29 is 53.0 Å². The van der Waals surface area contributed by atoms with Gasteiger partial charge in [-0.05, 0) is 156 Å². The molecule has 5 aromatic carbocycles. The number of nitrogens with zero attached hydrogens (tertiary/aromatic N) is 1. The molecule has 0 spiro atoms. The summed E-state index contributed by atoms with van der Waals surface area (Å²) in [4.78, 5) is 123. The highest BCUT2D eigenvalue weighted by molar-refractivity contribution is 6.01. The molecule has 480 valence electrons. The van der Waals surface area contributed by atoms with E-state index >= 15 is 0 Å². The number of phenolic OH excluding ortho intramolecular Hbond substituents is 1. The Balaban J connectivity index is 0.706. The number of hydrogen-bond acceptors (Lipinski definition) is 11. The van der Waals surface area contributed by atoms with E-state index in [9.17, 15) is 48.3 Å². The molecule has 8 N–H and O–H groups in total. The van der Waals surface area contributed by atoms with E-state index in [4.69, 9.17) is 4.74 Å². The van der Waals surface area contributed by atoms with Crippen molar-refractivity contribution in [1.82, 2.24) is 31.9 Å². The van der Waals surface area contributed by atoms with Crippen LogP contribution in [-0.4, -0.2) is 97.3 Å². The van der Waals surface area contributed by atoms with Crippen molar-refractivity contribution in [2.75, 3.05) is 43.2 Å². The number of carbonyl (C=O) groups excluding carboxylic acids is 9. The maximum atomic E-state index is 14.7. The zero-order chi connectivity index (χ0) is 65.1. The van der Waals surface area contributed by atoms with E-state index in [-0.39, 0.29) is 73.3 Å². The van der Waals surface area contributed by atoms with Crippen molar-refractivity contribution in [3.8, 4) is 5.75 Å². The molecule has 2 saturated carbocycles. The third kappa shape index (κ3) is 15.3. The number of nitrogens with one attached hydrogen (secondary N) is 7. The second kappa shape index (κ2) is 28.9. The Morgan fingerprint density at radius 2 is 1.22 bits per heavy atom. The first-order chi connectivity index (χ1) is 43.5. The number of amides is 9. The second-order valence-electron chi connectivity index (χ2n) is 25.9. The van der Waals surface area contributed by atoms with Gasteiger partial charge in [-0.15, -0.1) is 0 Å². The van der Waals surface area contributed by atoms with Gasteiger partial charge in [0.2, 0.25) is 53.2 Å². The van der Waals surface area contributed by atoms with Crippen molar-refractivity contribution in [3.05, 3.63) is 166 Å². The lowest BCUT2D eigenvalue weighted by Gasteiger charge is -2.56. The Labute approximate surface area is 532 Å². The molecule has 9 amide bonds. The summed E-state index contributed by atoms with van der Waals surface area (Å²) in [6.07, 6.45) is 9.18. The number of carbonyl (C=O) groups is 9. The molecule has 0 radical (unpaired) electrons. The molecule has 91 heavy (non-hydrogen) atoms. The molecule has 2 fully saturated rings. The number of aryl methyl sites for hydroxylation is 3. The van der Waals surface area contributed by atoms with E-state index in [1.165, 1.54) is 5.56 Å². The molecule has 0 unspecified atom stereocenters. The van der Waals surface area contributed by atoms with Gasteiger partial charge in [0.15, 0.2) is 0 Å². The lowest BCUT2D eigenvalue weighted by Crippen LogP contribution is -2.60. The highest BCUT2D eigenvalue weighted by atomic mass is 16.5. The summed E-state index contributed by atoms with van der Waals surface area (Å²) in [7, 11) is 0. The molecule has 5 aromatic rings. The van der Waals surface area contributed by atoms with Crippen molar-refractivity contribution in [2.45, 2.75) is 142 Å². The number of imide groups is 1. The van der Waals surface area contributed by atoms with Crippen molar-refractivity contribution in [3.63, 3.8) is 0 Å². The minimum Gasteiger partial charge on any atom is -0.508 e. The number of aromatic hydroxyl groups is 1. The molecule has 0 aromatic heterocycles. The number of hydrogen-bond donors (Lipinski definition) is 8. The van der Waals surface area contributed by atoms with Gasteiger partial charge in [0.25, 0.3) is 0 Å². The maximum Gasteiger partial charge on any atom is 0.250 e. The smallest absolute Gasteiger partial charge is 0.250 e. The Hall–Kier alpha value is -8.97. The lowest BCUT2D eigenvalue weighted by atomic mass is 9.49. The maximum absolute atomic E-state index is 14.7. The van der Waals surface area contributed by atoms with E-state index in [0.29, 0.717) is 29.8 Å². The van der Waals surface area contributed by atoms with Crippen LogP contribution in [0.15, 0.2) is 122 Å². The second-order valence-corrected chi connectivity index (χ2v) is 25.9. The highest BCUT2D eigenvalue weighted by Gasteiger charge is 2.58. The van der Waals surface area contributed by atoms with Crippen LogP contribution in [-0.2, 0) is 84.5 Å². The van der Waals surface area contributed by atoms with Crippen LogP contribution in [0.3, 0.4) is 0 Å². The van der Waals surface area contributed by atoms with Crippen LogP contribution in [0.25, 0.3) is 6.08 Å². The van der Waals surface area contributed by atoms with Crippen LogP contribution >= 0.6 is 0 Å². The van der Waals surface area contributed by atoms with Gasteiger partial charge in [-0.1, -0.05) is 138 Å². The first-order valence-corrected chi connectivity index (χ1v) is 31.7. The van der Waals surface area contributed by atoms with E-state index in [1.807, 2.05) is 99.6 Å². The van der Waals surface area contributed by atoms with Gasteiger partial charge in [-0.3, -0.25) is 48.5 Å². The Morgan fingerprint density at radius 3 is 1.89 bits per heavy atom. The summed E-state index contributed by atoms with van der Waals surface area (Å²) in [5.74, 6) is -4.32. The van der Waals surface area contributed by atoms with Gasteiger partial charge in [0.1, 0.15) is 25.1 Å². The third-order valence-electron chi connectivity index (χ3n) is 20.0. The van der Waals surface area contributed by atoms with E-state index in [2.05, 4.69) is 57.6 Å². The molecule has 19 nitrogen and oxygen atoms in total. The van der Waals surface area contributed by atoms with E-state index in [1.54, 1.807) is 47.4 Å². The summed E-state index contributed by atoms with van der Waals surface area (Å²) >= 11 is 0. The van der Waals surface area contributed by atoms with Crippen LogP contribution < -0.4 is 42.1 Å². The monoisotopic (exact) mass is 1240 g/mol. The molecule has 19 heteroatoms. The summed E-state index contributed by atoms with van der Waals surface area (Å²) in [6, 6.07) is 34.2. The fourth-order valence-electron chi connectivity index (χ4n) is 15.1. The number of anilines is 2. The largest absolute Gasteiger partial charge is 0.508 e. The van der Waals surface area contributed by atoms with Crippen LogP contribution in [0.2, 0.25) is 0 Å². The number of para-hydroxylation sites is 1. The van der Waals surface area contributed by atoms with Gasteiger partial charge >= 0.3 is 0 Å². The molecule has 0 heterocycles. The fourth-order valence-corrected chi connectivity index (χ4v) is 15.1. The van der Waals surface area contributed by atoms with E-state index in [0.717, 1.165) is 84.7 Å². The number of fused-ring (bicyclic) bond motifs is 6. The van der Waals surface area contributed by atoms with E-state index < -0.39 is 84.0 Å². The van der Waals surface area contributed by atoms with Gasteiger partial charge in [-0.25, -0.2) is 0 Å². The third-order valence-corrected chi connectivity index (χ3v) is 20.0. The molecule has 9 rings (SSSR count). The molecular formula is C72H86N8O11. The standard InChI is InChI=1S/C72H86N8O11/c1-7-48-20-13-14-22-57(48)80(43-51-21-12-11-17-46(51)2)65(87)32-31-60(82)73-40-61(83)74-42-63(85)78-56(37-47-18-9-8-10-19-47)66(88)75-41-62(84)76-45-91-44-64(86)77-52-27-23-49-25-29-58-69(3,54(49)38-52)33-15-35-71(58,5)67(89)79-68(90)72(6)36-16-34-70(4)55-39-53(81)28-24-50(55)26-30-59(70)72/h7-14,17-24,27-28,38-39,56,58-59,81H,1,15-16,25-26,29-37,40-45H2,2-6H3,(H,73,82)(H,74,83)(H,75,88)(H,76,84)(H,77,86)(H,78,85)(H,79,89,90)/t56-,58+,59+,69+,70+,71-,72-/m0/s1. The molecular weight excluding hydrogens is 1150 g/mol. The Kier molecular flexibility index (Phi) is 21.1. The van der Waals surface area contributed by atoms with Gasteiger partial charge in [0.05, 0.1) is 42.7 Å². The molecule has 0 saturated heterocycles. The average Bonchev–Trinajstić information content (AvgIpc) is 0.729. The SMILES string of the molecule is C=Cc1ccccc1N(Cc1ccccc1C)C(=O)CCC(=O)NCC(=O)NCC(=O)N[C@@H](Cc1ccccc1)C(=O)NCC(=O)NCOCC(=O)Nc1ccc2c(c1)[C@@]1(C)CCC[C@](C)(C(=O)NC(=O)[C@@]3(C)CCC[C@]4(C)c5cc(O)ccc5CC[C@@H]34)[C@@H]1CC2. The molecule has 0 aliphatic heterocycles. The number of ether oxygens (including phenoxy) is 1.